The van der Waals surface area contributed by atoms with E-state index in [1.54, 1.807) is 12.4 Å². The Bertz CT molecular complexity index is 679. The fourth-order valence-electron chi connectivity index (χ4n) is 1.81. The van der Waals surface area contributed by atoms with Crippen molar-refractivity contribution in [1.82, 2.24) is 15.0 Å². The van der Waals surface area contributed by atoms with Crippen LogP contribution in [0.1, 0.15) is 0 Å². The SMILES string of the molecule is Clc1cnc2[nH]c(I)c(-c3cccnc3)c2c1. The van der Waals surface area contributed by atoms with Crippen molar-refractivity contribution in [3.63, 3.8) is 0 Å². The highest BCUT2D eigenvalue weighted by Crippen LogP contribution is 2.33. The molecule has 84 valence electrons. The lowest BCUT2D eigenvalue weighted by Crippen LogP contribution is -1.80. The molecule has 3 nitrogen and oxygen atoms in total. The van der Waals surface area contributed by atoms with E-state index in [2.05, 4.69) is 37.5 Å². The Labute approximate surface area is 116 Å². The summed E-state index contributed by atoms with van der Waals surface area (Å²) in [5.74, 6) is 0. The van der Waals surface area contributed by atoms with Crippen molar-refractivity contribution >= 4 is 45.2 Å². The van der Waals surface area contributed by atoms with Crippen LogP contribution in [0, 0.1) is 3.70 Å². The Kier molecular flexibility index (Phi) is 2.76. The Morgan fingerprint density at radius 1 is 1.29 bits per heavy atom. The summed E-state index contributed by atoms with van der Waals surface area (Å²) in [6.45, 7) is 0. The Morgan fingerprint density at radius 2 is 2.18 bits per heavy atom. The van der Waals surface area contributed by atoms with Crippen molar-refractivity contribution in [2.75, 3.05) is 0 Å². The van der Waals surface area contributed by atoms with E-state index in [1.807, 2.05) is 24.4 Å². The van der Waals surface area contributed by atoms with E-state index in [9.17, 15) is 0 Å². The average Bonchev–Trinajstić information content (AvgIpc) is 2.65. The molecule has 1 N–H and O–H groups in total. The van der Waals surface area contributed by atoms with E-state index >= 15 is 0 Å². The van der Waals surface area contributed by atoms with Crippen molar-refractivity contribution in [2.45, 2.75) is 0 Å². The van der Waals surface area contributed by atoms with Crippen LogP contribution in [-0.4, -0.2) is 15.0 Å². The molecular formula is C12H7ClIN3. The molecule has 3 rings (SSSR count). The number of hydrogen-bond donors (Lipinski definition) is 1. The lowest BCUT2D eigenvalue weighted by atomic mass is 10.1. The zero-order chi connectivity index (χ0) is 11.8. The minimum absolute atomic E-state index is 0.637. The van der Waals surface area contributed by atoms with E-state index in [-0.39, 0.29) is 0 Å². The van der Waals surface area contributed by atoms with Crippen molar-refractivity contribution in [2.24, 2.45) is 0 Å². The van der Waals surface area contributed by atoms with Crippen molar-refractivity contribution in [1.29, 1.82) is 0 Å². The molecule has 0 aliphatic rings. The molecule has 0 spiro atoms. The summed E-state index contributed by atoms with van der Waals surface area (Å²) >= 11 is 8.26. The summed E-state index contributed by atoms with van der Waals surface area (Å²) in [7, 11) is 0. The van der Waals surface area contributed by atoms with Crippen LogP contribution in [0.4, 0.5) is 0 Å². The van der Waals surface area contributed by atoms with Gasteiger partial charge in [0, 0.05) is 35.1 Å². The summed E-state index contributed by atoms with van der Waals surface area (Å²) in [5, 5.41) is 1.66. The molecule has 0 atom stereocenters. The van der Waals surface area contributed by atoms with Gasteiger partial charge in [0.1, 0.15) is 5.65 Å². The molecule has 0 saturated carbocycles. The van der Waals surface area contributed by atoms with Crippen molar-refractivity contribution in [3.8, 4) is 11.1 Å². The van der Waals surface area contributed by atoms with Crippen molar-refractivity contribution in [3.05, 3.63) is 45.5 Å². The summed E-state index contributed by atoms with van der Waals surface area (Å²) in [6, 6.07) is 5.87. The number of nitrogens with zero attached hydrogens (tertiary/aromatic N) is 2. The quantitative estimate of drug-likeness (QED) is 0.673. The predicted molar refractivity (Wildman–Crippen MR) is 77.1 cm³/mol. The molecule has 0 fully saturated rings. The molecule has 17 heavy (non-hydrogen) atoms. The van der Waals surface area contributed by atoms with E-state index in [0.29, 0.717) is 5.02 Å². The standard InChI is InChI=1S/C12H7ClIN3/c13-8-4-9-10(7-2-1-3-15-5-7)11(14)17-12(9)16-6-8/h1-6H,(H,16,17). The maximum absolute atomic E-state index is 5.99. The molecule has 0 saturated heterocycles. The fourth-order valence-corrected chi connectivity index (χ4v) is 2.82. The van der Waals surface area contributed by atoms with E-state index < -0.39 is 0 Å². The van der Waals surface area contributed by atoms with Gasteiger partial charge < -0.3 is 4.98 Å². The van der Waals surface area contributed by atoms with Crippen LogP contribution in [0.25, 0.3) is 22.2 Å². The highest BCUT2D eigenvalue weighted by Gasteiger charge is 2.12. The maximum Gasteiger partial charge on any atom is 0.138 e. The van der Waals surface area contributed by atoms with Gasteiger partial charge in [0.25, 0.3) is 0 Å². The van der Waals surface area contributed by atoms with Gasteiger partial charge in [-0.2, -0.15) is 0 Å². The van der Waals surface area contributed by atoms with Gasteiger partial charge in [0.2, 0.25) is 0 Å². The van der Waals surface area contributed by atoms with Crippen LogP contribution in [0.3, 0.4) is 0 Å². The molecule has 0 unspecified atom stereocenters. The molecule has 0 aromatic carbocycles. The second-order valence-electron chi connectivity index (χ2n) is 3.61. The molecule has 0 amide bonds. The number of pyridine rings is 2. The molecule has 3 aromatic rings. The number of aromatic amines is 1. The first kappa shape index (κ1) is 11.0. The molecular weight excluding hydrogens is 349 g/mol. The first-order valence-electron chi connectivity index (χ1n) is 4.99. The number of fused-ring (bicyclic) bond motifs is 1. The zero-order valence-electron chi connectivity index (χ0n) is 8.61. The Morgan fingerprint density at radius 3 is 2.94 bits per heavy atom. The van der Waals surface area contributed by atoms with Gasteiger partial charge >= 0.3 is 0 Å². The van der Waals surface area contributed by atoms with Gasteiger partial charge in [-0.25, -0.2) is 4.98 Å². The van der Waals surface area contributed by atoms with Gasteiger partial charge in [-0.1, -0.05) is 17.7 Å². The van der Waals surface area contributed by atoms with E-state index in [4.69, 9.17) is 11.6 Å². The molecule has 3 heterocycles. The van der Waals surface area contributed by atoms with Gasteiger partial charge in [-0.05, 0) is 34.7 Å². The first-order chi connectivity index (χ1) is 8.25. The lowest BCUT2D eigenvalue weighted by molar-refractivity contribution is 1.29. The first-order valence-corrected chi connectivity index (χ1v) is 6.44. The normalized spacial score (nSPS) is 10.9. The fraction of sp³-hybridized carbons (Fsp3) is 0. The second-order valence-corrected chi connectivity index (χ2v) is 5.12. The number of rotatable bonds is 1. The number of halogens is 2. The third kappa shape index (κ3) is 1.91. The molecule has 0 radical (unpaired) electrons. The molecule has 3 aromatic heterocycles. The lowest BCUT2D eigenvalue weighted by Gasteiger charge is -1.99. The second kappa shape index (κ2) is 4.27. The highest BCUT2D eigenvalue weighted by atomic mass is 127. The topological polar surface area (TPSA) is 41.6 Å². The van der Waals surface area contributed by atoms with Crippen LogP contribution in [0.2, 0.25) is 5.02 Å². The third-order valence-electron chi connectivity index (χ3n) is 2.52. The molecule has 0 aliphatic carbocycles. The van der Waals surface area contributed by atoms with Crippen LogP contribution >= 0.6 is 34.2 Å². The van der Waals surface area contributed by atoms with Gasteiger partial charge in [0.05, 0.1) is 8.72 Å². The molecule has 5 heteroatoms. The van der Waals surface area contributed by atoms with Crippen LogP contribution in [0.15, 0.2) is 36.8 Å². The summed E-state index contributed by atoms with van der Waals surface area (Å²) in [5.41, 5.74) is 3.01. The maximum atomic E-state index is 5.99. The predicted octanol–water partition coefficient (Wildman–Crippen LogP) is 3.88. The van der Waals surface area contributed by atoms with E-state index in [1.165, 1.54) is 0 Å². The van der Waals surface area contributed by atoms with Crippen LogP contribution < -0.4 is 0 Å². The van der Waals surface area contributed by atoms with Gasteiger partial charge in [0.15, 0.2) is 0 Å². The number of H-pyrrole nitrogens is 1. The number of nitrogens with one attached hydrogen (secondary N) is 1. The third-order valence-corrected chi connectivity index (χ3v) is 3.54. The highest BCUT2D eigenvalue weighted by molar-refractivity contribution is 14.1. The van der Waals surface area contributed by atoms with Gasteiger partial charge in [-0.15, -0.1) is 0 Å². The monoisotopic (exact) mass is 355 g/mol. The summed E-state index contributed by atoms with van der Waals surface area (Å²) in [6.07, 6.45) is 5.24. The summed E-state index contributed by atoms with van der Waals surface area (Å²) in [4.78, 5) is 11.7. The summed E-state index contributed by atoms with van der Waals surface area (Å²) < 4.78 is 1.04. The number of hydrogen-bond acceptors (Lipinski definition) is 2. The number of aromatic nitrogens is 3. The van der Waals surface area contributed by atoms with Gasteiger partial charge in [-0.3, -0.25) is 4.98 Å². The Balaban J connectivity index is 2.35. The van der Waals surface area contributed by atoms with E-state index in [0.717, 1.165) is 25.9 Å². The minimum atomic E-state index is 0.637. The molecule has 0 bridgehead atoms. The zero-order valence-corrected chi connectivity index (χ0v) is 11.5. The molecule has 0 aliphatic heterocycles. The minimum Gasteiger partial charge on any atom is -0.334 e. The van der Waals surface area contributed by atoms with Crippen LogP contribution in [-0.2, 0) is 0 Å². The average molecular weight is 356 g/mol. The van der Waals surface area contributed by atoms with Crippen molar-refractivity contribution < 1.29 is 0 Å². The smallest absolute Gasteiger partial charge is 0.138 e. The van der Waals surface area contributed by atoms with Crippen LogP contribution in [0.5, 0.6) is 0 Å². The largest absolute Gasteiger partial charge is 0.334 e. The Hall–Kier alpha value is -1.14.